The summed E-state index contributed by atoms with van der Waals surface area (Å²) in [6.45, 7) is 4.94. The van der Waals surface area contributed by atoms with Gasteiger partial charge in [0.25, 0.3) is 0 Å². The van der Waals surface area contributed by atoms with E-state index in [1.165, 1.54) is 0 Å². The molecule has 3 N–H and O–H groups in total. The van der Waals surface area contributed by atoms with E-state index in [9.17, 15) is 13.2 Å². The highest BCUT2D eigenvalue weighted by molar-refractivity contribution is 7.88. The minimum atomic E-state index is -3.47. The molecule has 0 aromatic carbocycles. The molecule has 0 heterocycles. The van der Waals surface area contributed by atoms with Crippen LogP contribution in [0.3, 0.4) is 0 Å². The minimum absolute atomic E-state index is 0.137. The van der Waals surface area contributed by atoms with E-state index in [1.807, 2.05) is 0 Å². The third-order valence-corrected chi connectivity index (χ3v) is 2.00. The van der Waals surface area contributed by atoms with Crippen LogP contribution < -0.4 is 10.5 Å². The van der Waals surface area contributed by atoms with Gasteiger partial charge in [-0.2, -0.15) is 4.72 Å². The molecule has 0 rings (SSSR count). The van der Waals surface area contributed by atoms with Crippen LogP contribution >= 0.6 is 0 Å². The van der Waals surface area contributed by atoms with Crippen LogP contribution in [0.15, 0.2) is 0 Å². The van der Waals surface area contributed by atoms with Crippen LogP contribution in [0.25, 0.3) is 0 Å². The number of nitrogens with two attached hydrogens (primary N) is 1. The molecule has 0 aromatic heterocycles. The van der Waals surface area contributed by atoms with Crippen LogP contribution in [-0.4, -0.2) is 38.8 Å². The zero-order chi connectivity index (χ0) is 12.3. The summed E-state index contributed by atoms with van der Waals surface area (Å²) >= 11 is 0. The smallest absolute Gasteiger partial charge is 0.326 e. The fraction of sp³-hybridized carbons (Fsp3) is 0.875. The van der Waals surface area contributed by atoms with E-state index in [2.05, 4.69) is 4.72 Å². The third kappa shape index (κ3) is 7.29. The van der Waals surface area contributed by atoms with Crippen LogP contribution in [0, 0.1) is 0 Å². The van der Waals surface area contributed by atoms with Crippen molar-refractivity contribution in [2.24, 2.45) is 5.73 Å². The van der Waals surface area contributed by atoms with Crippen molar-refractivity contribution in [3.05, 3.63) is 0 Å². The number of hydrogen-bond donors (Lipinski definition) is 2. The summed E-state index contributed by atoms with van der Waals surface area (Å²) in [5.74, 6) is -0.671. The first-order valence-corrected chi connectivity index (χ1v) is 6.34. The molecule has 0 aliphatic heterocycles. The zero-order valence-corrected chi connectivity index (χ0v) is 10.2. The number of ether oxygens (including phenoxy) is 1. The summed E-state index contributed by atoms with van der Waals surface area (Å²) in [6.07, 6.45) is 0.958. The SMILES string of the molecule is CC(C)(C)OC(=O)[C@H](CN)NS(C)(=O)=O. The van der Waals surface area contributed by atoms with Crippen molar-refractivity contribution >= 4 is 16.0 Å². The number of sulfonamides is 1. The molecule has 6 nitrogen and oxygen atoms in total. The Hall–Kier alpha value is -0.660. The predicted octanol–water partition coefficient (Wildman–Crippen LogP) is -0.795. The Kier molecular flexibility index (Phi) is 4.69. The first kappa shape index (κ1) is 14.3. The second kappa shape index (κ2) is 4.91. The van der Waals surface area contributed by atoms with Gasteiger partial charge in [-0.15, -0.1) is 0 Å². The van der Waals surface area contributed by atoms with E-state index in [0.717, 1.165) is 6.26 Å². The molecule has 0 saturated heterocycles. The predicted molar refractivity (Wildman–Crippen MR) is 56.7 cm³/mol. The second-order valence-electron chi connectivity index (χ2n) is 4.21. The standard InChI is InChI=1S/C8H18N2O4S/c1-8(2,3)14-7(11)6(5-9)10-15(4,12)13/h6,10H,5,9H2,1-4H3/t6-/m0/s1. The van der Waals surface area contributed by atoms with E-state index >= 15 is 0 Å². The molecule has 0 bridgehead atoms. The fourth-order valence-corrected chi connectivity index (χ4v) is 1.53. The van der Waals surface area contributed by atoms with Crippen LogP contribution in [0.1, 0.15) is 20.8 Å². The molecular weight excluding hydrogens is 220 g/mol. The monoisotopic (exact) mass is 238 g/mol. The lowest BCUT2D eigenvalue weighted by atomic mass is 10.2. The maximum atomic E-state index is 11.4. The van der Waals surface area contributed by atoms with E-state index in [-0.39, 0.29) is 6.54 Å². The van der Waals surface area contributed by atoms with Gasteiger partial charge in [0.2, 0.25) is 10.0 Å². The molecule has 90 valence electrons. The lowest BCUT2D eigenvalue weighted by Gasteiger charge is -2.23. The van der Waals surface area contributed by atoms with Crippen molar-refractivity contribution in [2.45, 2.75) is 32.4 Å². The van der Waals surface area contributed by atoms with Gasteiger partial charge < -0.3 is 10.5 Å². The number of rotatable bonds is 4. The van der Waals surface area contributed by atoms with Gasteiger partial charge in [-0.3, -0.25) is 4.79 Å². The maximum Gasteiger partial charge on any atom is 0.326 e. The van der Waals surface area contributed by atoms with Crippen molar-refractivity contribution in [3.63, 3.8) is 0 Å². The second-order valence-corrected chi connectivity index (χ2v) is 5.99. The summed E-state index contributed by atoms with van der Waals surface area (Å²) in [5.41, 5.74) is 4.61. The molecule has 0 fully saturated rings. The van der Waals surface area contributed by atoms with E-state index in [1.54, 1.807) is 20.8 Å². The number of hydrogen-bond acceptors (Lipinski definition) is 5. The van der Waals surface area contributed by atoms with Crippen LogP contribution in [-0.2, 0) is 19.6 Å². The van der Waals surface area contributed by atoms with Crippen LogP contribution in [0.5, 0.6) is 0 Å². The Bertz CT molecular complexity index is 318. The lowest BCUT2D eigenvalue weighted by molar-refractivity contribution is -0.156. The van der Waals surface area contributed by atoms with Crippen molar-refractivity contribution in [1.82, 2.24) is 4.72 Å². The Morgan fingerprint density at radius 3 is 2.20 bits per heavy atom. The molecule has 1 atom stereocenters. The summed E-state index contributed by atoms with van der Waals surface area (Å²) in [7, 11) is -3.47. The summed E-state index contributed by atoms with van der Waals surface area (Å²) in [4.78, 5) is 11.4. The van der Waals surface area contributed by atoms with E-state index in [4.69, 9.17) is 10.5 Å². The summed E-state index contributed by atoms with van der Waals surface area (Å²) in [5, 5.41) is 0. The van der Waals surface area contributed by atoms with E-state index < -0.39 is 27.6 Å². The Morgan fingerprint density at radius 1 is 1.47 bits per heavy atom. The highest BCUT2D eigenvalue weighted by atomic mass is 32.2. The zero-order valence-electron chi connectivity index (χ0n) is 9.40. The van der Waals surface area contributed by atoms with Gasteiger partial charge in [0.15, 0.2) is 0 Å². The molecule has 0 unspecified atom stereocenters. The van der Waals surface area contributed by atoms with Crippen molar-refractivity contribution in [1.29, 1.82) is 0 Å². The molecular formula is C8H18N2O4S. The van der Waals surface area contributed by atoms with Gasteiger partial charge in [0, 0.05) is 6.54 Å². The number of nitrogens with one attached hydrogen (secondary N) is 1. The largest absolute Gasteiger partial charge is 0.459 e. The normalized spacial score (nSPS) is 14.7. The quantitative estimate of drug-likeness (QED) is 0.625. The number of carbonyl (C=O) groups excluding carboxylic acids is 1. The average Bonchev–Trinajstić information content (AvgIpc) is 1.94. The summed E-state index contributed by atoms with van der Waals surface area (Å²) < 4.78 is 28.9. The topological polar surface area (TPSA) is 98.5 Å². The highest BCUT2D eigenvalue weighted by Gasteiger charge is 2.26. The highest BCUT2D eigenvalue weighted by Crippen LogP contribution is 2.08. The van der Waals surface area contributed by atoms with Gasteiger partial charge in [-0.1, -0.05) is 0 Å². The third-order valence-electron chi connectivity index (χ3n) is 1.28. The fourth-order valence-electron chi connectivity index (χ4n) is 0.824. The number of carbonyl (C=O) groups is 1. The summed E-state index contributed by atoms with van der Waals surface area (Å²) in [6, 6.07) is -1.03. The Morgan fingerprint density at radius 2 is 1.93 bits per heavy atom. The first-order chi connectivity index (χ1) is 6.55. The maximum absolute atomic E-state index is 11.4. The first-order valence-electron chi connectivity index (χ1n) is 4.45. The van der Waals surface area contributed by atoms with Gasteiger partial charge in [0.05, 0.1) is 6.26 Å². The Labute approximate surface area is 90.2 Å². The van der Waals surface area contributed by atoms with Crippen LogP contribution in [0.2, 0.25) is 0 Å². The van der Waals surface area contributed by atoms with Crippen molar-refractivity contribution < 1.29 is 17.9 Å². The van der Waals surface area contributed by atoms with Gasteiger partial charge in [0.1, 0.15) is 11.6 Å². The molecule has 0 aliphatic rings. The van der Waals surface area contributed by atoms with Crippen molar-refractivity contribution in [2.75, 3.05) is 12.8 Å². The molecule has 0 amide bonds. The van der Waals surface area contributed by atoms with Crippen molar-refractivity contribution in [3.8, 4) is 0 Å². The van der Waals surface area contributed by atoms with Crippen LogP contribution in [0.4, 0.5) is 0 Å². The van der Waals surface area contributed by atoms with Gasteiger partial charge in [-0.05, 0) is 20.8 Å². The molecule has 0 radical (unpaired) electrons. The number of esters is 1. The Balaban J connectivity index is 4.50. The molecule has 0 aromatic rings. The lowest BCUT2D eigenvalue weighted by Crippen LogP contribution is -2.48. The van der Waals surface area contributed by atoms with E-state index in [0.29, 0.717) is 0 Å². The molecule has 0 spiro atoms. The minimum Gasteiger partial charge on any atom is -0.459 e. The molecule has 15 heavy (non-hydrogen) atoms. The van der Waals surface area contributed by atoms with Gasteiger partial charge >= 0.3 is 5.97 Å². The molecule has 7 heteroatoms. The van der Waals surface area contributed by atoms with Gasteiger partial charge in [-0.25, -0.2) is 8.42 Å². The average molecular weight is 238 g/mol. The molecule has 0 aliphatic carbocycles. The molecule has 0 saturated carbocycles.